The van der Waals surface area contributed by atoms with Crippen LogP contribution in [0.3, 0.4) is 0 Å². The second kappa shape index (κ2) is 10.7. The van der Waals surface area contributed by atoms with E-state index in [1.54, 1.807) is 0 Å². The number of hydrogen-bond donors (Lipinski definition) is 2. The van der Waals surface area contributed by atoms with Crippen LogP contribution < -0.4 is 5.32 Å². The molecule has 1 saturated heterocycles. The van der Waals surface area contributed by atoms with E-state index in [1.165, 1.54) is 12.8 Å². The monoisotopic (exact) mass is 397 g/mol. The Morgan fingerprint density at radius 1 is 1.40 bits per heavy atom. The summed E-state index contributed by atoms with van der Waals surface area (Å²) in [6.07, 6.45) is 2.58. The van der Waals surface area contributed by atoms with Gasteiger partial charge in [-0.2, -0.15) is 0 Å². The summed E-state index contributed by atoms with van der Waals surface area (Å²) in [6, 6.07) is 0. The molecule has 1 aliphatic heterocycles. The zero-order valence-corrected chi connectivity index (χ0v) is 15.8. The van der Waals surface area contributed by atoms with Crippen molar-refractivity contribution < 1.29 is 5.11 Å². The van der Waals surface area contributed by atoms with Crippen molar-refractivity contribution in [1.82, 2.24) is 10.2 Å². The van der Waals surface area contributed by atoms with Gasteiger partial charge >= 0.3 is 0 Å². The van der Waals surface area contributed by atoms with E-state index in [-0.39, 0.29) is 36.5 Å². The molecule has 4 nitrogen and oxygen atoms in total. The Morgan fingerprint density at radius 2 is 2.10 bits per heavy atom. The Morgan fingerprint density at radius 3 is 2.65 bits per heavy atom. The van der Waals surface area contributed by atoms with Gasteiger partial charge in [-0.15, -0.1) is 24.0 Å². The summed E-state index contributed by atoms with van der Waals surface area (Å²) < 4.78 is 0. The lowest BCUT2D eigenvalue weighted by Gasteiger charge is -2.22. The average Bonchev–Trinajstić information content (AvgIpc) is 2.81. The Labute approximate surface area is 141 Å². The summed E-state index contributed by atoms with van der Waals surface area (Å²) >= 11 is 0. The van der Waals surface area contributed by atoms with Gasteiger partial charge in [-0.3, -0.25) is 4.99 Å². The van der Waals surface area contributed by atoms with E-state index >= 15 is 0 Å². The highest BCUT2D eigenvalue weighted by Gasteiger charge is 2.25. The molecule has 120 valence electrons. The molecule has 1 heterocycles. The van der Waals surface area contributed by atoms with Crippen LogP contribution in [0.25, 0.3) is 0 Å². The van der Waals surface area contributed by atoms with Crippen molar-refractivity contribution in [3.05, 3.63) is 0 Å². The Bertz CT molecular complexity index is 284. The third-order valence-corrected chi connectivity index (χ3v) is 3.59. The maximum absolute atomic E-state index is 9.08. The van der Waals surface area contributed by atoms with E-state index in [0.29, 0.717) is 6.54 Å². The van der Waals surface area contributed by atoms with Crippen LogP contribution in [-0.2, 0) is 0 Å². The van der Waals surface area contributed by atoms with Crippen molar-refractivity contribution >= 4 is 29.9 Å². The number of guanidine groups is 1. The van der Waals surface area contributed by atoms with E-state index in [9.17, 15) is 0 Å². The molecule has 0 bridgehead atoms. The number of rotatable bonds is 6. The first kappa shape index (κ1) is 20.0. The normalized spacial score (nSPS) is 21.0. The van der Waals surface area contributed by atoms with Crippen molar-refractivity contribution in [3.63, 3.8) is 0 Å². The molecule has 1 fully saturated rings. The standard InChI is InChI=1S/C15H31N3O.HI/c1-5-16-15(17-9-13(4)11-19)18-7-6-14(10-18)8-12(2)3;/h12-14,19H,5-11H2,1-4H3,(H,16,17);1H. The van der Waals surface area contributed by atoms with Gasteiger partial charge in [0.2, 0.25) is 0 Å². The quantitative estimate of drug-likeness (QED) is 0.412. The zero-order chi connectivity index (χ0) is 14.3. The van der Waals surface area contributed by atoms with Crippen LogP contribution in [-0.4, -0.2) is 48.8 Å². The van der Waals surface area contributed by atoms with E-state index in [4.69, 9.17) is 5.11 Å². The molecule has 1 aliphatic rings. The van der Waals surface area contributed by atoms with Gasteiger partial charge < -0.3 is 15.3 Å². The molecular formula is C15H32IN3O. The van der Waals surface area contributed by atoms with Gasteiger partial charge in [0.1, 0.15) is 0 Å². The summed E-state index contributed by atoms with van der Waals surface area (Å²) in [5.41, 5.74) is 0. The predicted molar refractivity (Wildman–Crippen MR) is 96.8 cm³/mol. The maximum Gasteiger partial charge on any atom is 0.193 e. The average molecular weight is 397 g/mol. The van der Waals surface area contributed by atoms with Crippen LogP contribution in [0.5, 0.6) is 0 Å². The molecule has 1 rings (SSSR count). The van der Waals surface area contributed by atoms with E-state index in [1.807, 2.05) is 6.92 Å². The van der Waals surface area contributed by atoms with Crippen LogP contribution in [0.15, 0.2) is 4.99 Å². The molecule has 20 heavy (non-hydrogen) atoms. The molecule has 0 aliphatic carbocycles. The highest BCUT2D eigenvalue weighted by Crippen LogP contribution is 2.23. The number of nitrogens with one attached hydrogen (secondary N) is 1. The predicted octanol–water partition coefficient (Wildman–Crippen LogP) is 2.57. The van der Waals surface area contributed by atoms with E-state index in [0.717, 1.165) is 37.4 Å². The number of hydrogen-bond acceptors (Lipinski definition) is 2. The first-order valence-electron chi connectivity index (χ1n) is 7.70. The smallest absolute Gasteiger partial charge is 0.193 e. The molecular weight excluding hydrogens is 365 g/mol. The zero-order valence-electron chi connectivity index (χ0n) is 13.4. The van der Waals surface area contributed by atoms with Gasteiger partial charge in [0.15, 0.2) is 5.96 Å². The van der Waals surface area contributed by atoms with Crippen molar-refractivity contribution in [2.24, 2.45) is 22.7 Å². The molecule has 0 aromatic carbocycles. The van der Waals surface area contributed by atoms with Crippen LogP contribution in [0, 0.1) is 17.8 Å². The van der Waals surface area contributed by atoms with Gasteiger partial charge in [-0.05, 0) is 37.5 Å². The highest BCUT2D eigenvalue weighted by atomic mass is 127. The number of likely N-dealkylation sites (tertiary alicyclic amines) is 1. The fourth-order valence-corrected chi connectivity index (χ4v) is 2.61. The number of aliphatic imine (C=N–C) groups is 1. The van der Waals surface area contributed by atoms with Gasteiger partial charge in [0.25, 0.3) is 0 Å². The first-order valence-corrected chi connectivity index (χ1v) is 7.70. The Balaban J connectivity index is 0.00000361. The van der Waals surface area contributed by atoms with Gasteiger partial charge in [0.05, 0.1) is 0 Å². The van der Waals surface area contributed by atoms with Crippen molar-refractivity contribution in [1.29, 1.82) is 0 Å². The molecule has 0 amide bonds. The second-order valence-electron chi connectivity index (χ2n) is 6.21. The molecule has 2 atom stereocenters. The number of aliphatic hydroxyl groups excluding tert-OH is 1. The lowest BCUT2D eigenvalue weighted by molar-refractivity contribution is 0.241. The first-order chi connectivity index (χ1) is 9.06. The van der Waals surface area contributed by atoms with Crippen LogP contribution >= 0.6 is 24.0 Å². The van der Waals surface area contributed by atoms with Crippen molar-refractivity contribution in [2.75, 3.05) is 32.8 Å². The summed E-state index contributed by atoms with van der Waals surface area (Å²) in [6.45, 7) is 12.8. The fourth-order valence-electron chi connectivity index (χ4n) is 2.61. The Hall–Kier alpha value is -0.0400. The van der Waals surface area contributed by atoms with Gasteiger partial charge in [-0.25, -0.2) is 0 Å². The van der Waals surface area contributed by atoms with Crippen molar-refractivity contribution in [2.45, 2.75) is 40.5 Å². The molecule has 0 saturated carbocycles. The number of nitrogens with zero attached hydrogens (tertiary/aromatic N) is 2. The minimum absolute atomic E-state index is 0. The third-order valence-electron chi connectivity index (χ3n) is 3.59. The molecule has 0 radical (unpaired) electrons. The van der Waals surface area contributed by atoms with Crippen LogP contribution in [0.2, 0.25) is 0 Å². The molecule has 2 N–H and O–H groups in total. The largest absolute Gasteiger partial charge is 0.396 e. The maximum atomic E-state index is 9.08. The molecule has 0 aromatic rings. The van der Waals surface area contributed by atoms with Gasteiger partial charge in [-0.1, -0.05) is 20.8 Å². The lowest BCUT2D eigenvalue weighted by atomic mass is 9.97. The fraction of sp³-hybridized carbons (Fsp3) is 0.933. The topological polar surface area (TPSA) is 47.9 Å². The van der Waals surface area contributed by atoms with Crippen LogP contribution in [0.4, 0.5) is 0 Å². The minimum Gasteiger partial charge on any atom is -0.396 e. The molecule has 2 unspecified atom stereocenters. The van der Waals surface area contributed by atoms with Crippen LogP contribution in [0.1, 0.15) is 40.5 Å². The second-order valence-corrected chi connectivity index (χ2v) is 6.21. The molecule has 0 aromatic heterocycles. The minimum atomic E-state index is 0. The summed E-state index contributed by atoms with van der Waals surface area (Å²) in [5, 5.41) is 12.5. The lowest BCUT2D eigenvalue weighted by Crippen LogP contribution is -2.40. The Kier molecular flexibility index (Phi) is 10.6. The van der Waals surface area contributed by atoms with Gasteiger partial charge in [0, 0.05) is 32.8 Å². The van der Waals surface area contributed by atoms with Crippen molar-refractivity contribution in [3.8, 4) is 0 Å². The number of aliphatic hydroxyl groups is 1. The summed E-state index contributed by atoms with van der Waals surface area (Å²) in [7, 11) is 0. The highest BCUT2D eigenvalue weighted by molar-refractivity contribution is 14.0. The SMILES string of the molecule is CCNC(=NCC(C)CO)N1CCC(CC(C)C)C1.I. The third kappa shape index (κ3) is 7.11. The molecule has 0 spiro atoms. The summed E-state index contributed by atoms with van der Waals surface area (Å²) in [4.78, 5) is 7.03. The number of halogens is 1. The summed E-state index contributed by atoms with van der Waals surface area (Å²) in [5.74, 6) is 2.84. The van der Waals surface area contributed by atoms with E-state index < -0.39 is 0 Å². The van der Waals surface area contributed by atoms with E-state index in [2.05, 4.69) is 36.0 Å². The molecule has 5 heteroatoms.